The van der Waals surface area contributed by atoms with Crippen LogP contribution in [-0.2, 0) is 9.59 Å². The van der Waals surface area contributed by atoms with Gasteiger partial charge in [-0.25, -0.2) is 4.79 Å². The molecule has 1 aromatic carbocycles. The van der Waals surface area contributed by atoms with Gasteiger partial charge in [-0.2, -0.15) is 0 Å². The van der Waals surface area contributed by atoms with Crippen LogP contribution in [0.2, 0.25) is 0 Å². The lowest BCUT2D eigenvalue weighted by molar-refractivity contribution is -0.129. The molecule has 0 spiro atoms. The summed E-state index contributed by atoms with van der Waals surface area (Å²) in [7, 11) is 0. The molecule has 0 aliphatic carbocycles. The van der Waals surface area contributed by atoms with Gasteiger partial charge in [0.15, 0.2) is 0 Å². The number of nitrogens with zero attached hydrogens (tertiary/aromatic N) is 3. The van der Waals surface area contributed by atoms with Crippen LogP contribution in [0.15, 0.2) is 18.2 Å². The summed E-state index contributed by atoms with van der Waals surface area (Å²) in [4.78, 5) is 41.5. The van der Waals surface area contributed by atoms with Gasteiger partial charge in [0, 0.05) is 45.0 Å². The molecular formula is C19H27N5O3. The lowest BCUT2D eigenvalue weighted by atomic mass is 10.1. The third-order valence-corrected chi connectivity index (χ3v) is 5.23. The number of imide groups is 1. The average molecular weight is 373 g/mol. The first-order chi connectivity index (χ1) is 12.9. The Labute approximate surface area is 159 Å². The fourth-order valence-corrected chi connectivity index (χ4v) is 3.37. The number of hydrogen-bond acceptors (Lipinski definition) is 5. The van der Waals surface area contributed by atoms with Gasteiger partial charge in [-0.1, -0.05) is 12.1 Å². The van der Waals surface area contributed by atoms with Crippen LogP contribution >= 0.6 is 0 Å². The van der Waals surface area contributed by atoms with Crippen molar-refractivity contribution in [3.8, 4) is 0 Å². The molecule has 2 aliphatic heterocycles. The summed E-state index contributed by atoms with van der Waals surface area (Å²) in [5.74, 6) is -0.187. The number of urea groups is 1. The number of hydrogen-bond donors (Lipinski definition) is 2. The molecule has 0 atom stereocenters. The van der Waals surface area contributed by atoms with E-state index in [-0.39, 0.29) is 24.4 Å². The molecule has 2 fully saturated rings. The molecule has 2 N–H and O–H groups in total. The zero-order chi connectivity index (χ0) is 19.4. The van der Waals surface area contributed by atoms with Crippen LogP contribution < -0.4 is 10.6 Å². The number of anilines is 1. The molecule has 0 aromatic heterocycles. The Morgan fingerprint density at radius 3 is 2.33 bits per heavy atom. The number of amides is 4. The van der Waals surface area contributed by atoms with E-state index in [0.717, 1.165) is 29.9 Å². The number of carbonyl (C=O) groups is 3. The van der Waals surface area contributed by atoms with Gasteiger partial charge in [-0.3, -0.25) is 24.3 Å². The largest absolute Gasteiger partial charge is 0.336 e. The fourth-order valence-electron chi connectivity index (χ4n) is 3.37. The van der Waals surface area contributed by atoms with Crippen LogP contribution in [-0.4, -0.2) is 84.9 Å². The van der Waals surface area contributed by atoms with E-state index in [1.165, 1.54) is 4.90 Å². The van der Waals surface area contributed by atoms with Gasteiger partial charge >= 0.3 is 6.03 Å². The van der Waals surface area contributed by atoms with Crippen molar-refractivity contribution >= 4 is 23.5 Å². The third-order valence-electron chi connectivity index (χ3n) is 5.23. The zero-order valence-electron chi connectivity index (χ0n) is 16.0. The molecule has 8 nitrogen and oxygen atoms in total. The first kappa shape index (κ1) is 19.3. The monoisotopic (exact) mass is 373 g/mol. The molecule has 27 heavy (non-hydrogen) atoms. The van der Waals surface area contributed by atoms with Crippen LogP contribution in [0.4, 0.5) is 10.5 Å². The van der Waals surface area contributed by atoms with Gasteiger partial charge in [0.05, 0.1) is 13.1 Å². The fraction of sp³-hybridized carbons (Fsp3) is 0.526. The Morgan fingerprint density at radius 2 is 1.70 bits per heavy atom. The summed E-state index contributed by atoms with van der Waals surface area (Å²) >= 11 is 0. The maximum absolute atomic E-state index is 12.3. The highest BCUT2D eigenvalue weighted by molar-refractivity contribution is 5.96. The van der Waals surface area contributed by atoms with E-state index in [4.69, 9.17) is 0 Å². The molecule has 1 aromatic rings. The number of aryl methyl sites for hydroxylation is 1. The van der Waals surface area contributed by atoms with Crippen molar-refractivity contribution < 1.29 is 14.4 Å². The van der Waals surface area contributed by atoms with Crippen molar-refractivity contribution in [1.82, 2.24) is 20.0 Å². The third kappa shape index (κ3) is 4.84. The molecule has 146 valence electrons. The van der Waals surface area contributed by atoms with E-state index in [9.17, 15) is 14.4 Å². The van der Waals surface area contributed by atoms with Crippen molar-refractivity contribution in [2.75, 3.05) is 57.7 Å². The first-order valence-electron chi connectivity index (χ1n) is 9.33. The minimum Gasteiger partial charge on any atom is -0.336 e. The maximum atomic E-state index is 12.3. The second kappa shape index (κ2) is 8.49. The number of rotatable bonds is 5. The highest BCUT2D eigenvalue weighted by Crippen LogP contribution is 2.18. The summed E-state index contributed by atoms with van der Waals surface area (Å²) < 4.78 is 0. The standard InChI is InChI=1S/C19H27N5O3/c1-14-4-3-5-16(15(14)2)21-17(25)12-22-8-10-23(11-9-22)13-18(26)24-7-6-20-19(24)27/h3-5H,6-13H2,1-2H3,(H,20,27)(H,21,25). The van der Waals surface area contributed by atoms with Gasteiger partial charge in [0.2, 0.25) is 11.8 Å². The lowest BCUT2D eigenvalue weighted by Crippen LogP contribution is -2.51. The second-order valence-electron chi connectivity index (χ2n) is 7.13. The summed E-state index contributed by atoms with van der Waals surface area (Å²) in [6.45, 7) is 8.43. The normalized spacial score (nSPS) is 18.4. The van der Waals surface area contributed by atoms with Crippen LogP contribution in [0, 0.1) is 13.8 Å². The molecule has 2 saturated heterocycles. The average Bonchev–Trinajstić information content (AvgIpc) is 3.07. The Kier molecular flexibility index (Phi) is 6.08. The molecule has 0 radical (unpaired) electrons. The van der Waals surface area contributed by atoms with Crippen molar-refractivity contribution in [1.29, 1.82) is 0 Å². The van der Waals surface area contributed by atoms with E-state index >= 15 is 0 Å². The van der Waals surface area contributed by atoms with Crippen molar-refractivity contribution in [3.63, 3.8) is 0 Å². The molecule has 0 saturated carbocycles. The number of benzene rings is 1. The van der Waals surface area contributed by atoms with Crippen molar-refractivity contribution in [3.05, 3.63) is 29.3 Å². The minimum atomic E-state index is -0.304. The van der Waals surface area contributed by atoms with Crippen LogP contribution in [0.5, 0.6) is 0 Å². The van der Waals surface area contributed by atoms with E-state index < -0.39 is 0 Å². The smallest absolute Gasteiger partial charge is 0.324 e. The highest BCUT2D eigenvalue weighted by Gasteiger charge is 2.28. The Morgan fingerprint density at radius 1 is 1.04 bits per heavy atom. The van der Waals surface area contributed by atoms with Crippen LogP contribution in [0.25, 0.3) is 0 Å². The summed E-state index contributed by atoms with van der Waals surface area (Å²) in [5, 5.41) is 5.62. The molecule has 2 aliphatic rings. The highest BCUT2D eigenvalue weighted by atomic mass is 16.2. The van der Waals surface area contributed by atoms with E-state index in [1.807, 2.05) is 36.9 Å². The number of piperazine rings is 1. The first-order valence-corrected chi connectivity index (χ1v) is 9.33. The Hall–Kier alpha value is -2.45. The quantitative estimate of drug-likeness (QED) is 0.781. The molecule has 2 heterocycles. The van der Waals surface area contributed by atoms with Gasteiger partial charge in [-0.05, 0) is 31.0 Å². The molecule has 0 unspecified atom stereocenters. The molecular weight excluding hydrogens is 346 g/mol. The molecule has 0 bridgehead atoms. The molecule has 3 rings (SSSR count). The second-order valence-corrected chi connectivity index (χ2v) is 7.13. The predicted molar refractivity (Wildman–Crippen MR) is 103 cm³/mol. The van der Waals surface area contributed by atoms with Gasteiger partial charge in [-0.15, -0.1) is 0 Å². The van der Waals surface area contributed by atoms with Crippen molar-refractivity contribution in [2.24, 2.45) is 0 Å². The molecule has 8 heteroatoms. The summed E-state index contributed by atoms with van der Waals surface area (Å²) in [5.41, 5.74) is 3.09. The SMILES string of the molecule is Cc1cccc(NC(=O)CN2CCN(CC(=O)N3CCNC3=O)CC2)c1C. The summed E-state index contributed by atoms with van der Waals surface area (Å²) in [6.07, 6.45) is 0. The van der Waals surface area contributed by atoms with Crippen molar-refractivity contribution in [2.45, 2.75) is 13.8 Å². The Balaban J connectivity index is 1.42. The Bertz CT molecular complexity index is 728. The van der Waals surface area contributed by atoms with Crippen LogP contribution in [0.3, 0.4) is 0 Å². The van der Waals surface area contributed by atoms with Crippen LogP contribution in [0.1, 0.15) is 11.1 Å². The number of nitrogens with one attached hydrogen (secondary N) is 2. The van der Waals surface area contributed by atoms with E-state index in [0.29, 0.717) is 32.7 Å². The van der Waals surface area contributed by atoms with Gasteiger partial charge in [0.25, 0.3) is 0 Å². The lowest BCUT2D eigenvalue weighted by Gasteiger charge is -2.34. The van der Waals surface area contributed by atoms with Gasteiger partial charge < -0.3 is 10.6 Å². The predicted octanol–water partition coefficient (Wildman–Crippen LogP) is 0.411. The molecule has 4 amide bonds. The summed E-state index contributed by atoms with van der Waals surface area (Å²) in [6, 6.07) is 5.57. The van der Waals surface area contributed by atoms with E-state index in [1.54, 1.807) is 0 Å². The van der Waals surface area contributed by atoms with Gasteiger partial charge in [0.1, 0.15) is 0 Å². The van der Waals surface area contributed by atoms with E-state index in [2.05, 4.69) is 15.5 Å². The topological polar surface area (TPSA) is 85.0 Å². The number of carbonyl (C=O) groups excluding carboxylic acids is 3. The minimum absolute atomic E-state index is 0.0260. The maximum Gasteiger partial charge on any atom is 0.324 e. The zero-order valence-corrected chi connectivity index (χ0v) is 16.0.